The fourth-order valence-corrected chi connectivity index (χ4v) is 3.81. The van der Waals surface area contributed by atoms with E-state index in [0.29, 0.717) is 36.5 Å². The molecule has 0 fully saturated rings. The molecule has 1 aliphatic rings. The molecule has 0 unspecified atom stereocenters. The quantitative estimate of drug-likeness (QED) is 0.553. The largest absolute Gasteiger partial charge is 0.466 e. The van der Waals surface area contributed by atoms with E-state index in [1.54, 1.807) is 19.1 Å². The van der Waals surface area contributed by atoms with Crippen LogP contribution in [0.3, 0.4) is 0 Å². The van der Waals surface area contributed by atoms with Crippen LogP contribution in [0.25, 0.3) is 17.2 Å². The Kier molecular flexibility index (Phi) is 6.42. The zero-order valence-corrected chi connectivity index (χ0v) is 17.9. The van der Waals surface area contributed by atoms with E-state index in [4.69, 9.17) is 10.5 Å². The van der Waals surface area contributed by atoms with Crippen LogP contribution in [0.15, 0.2) is 60.7 Å². The molecule has 1 aromatic heterocycles. The summed E-state index contributed by atoms with van der Waals surface area (Å²) >= 11 is 0. The second kappa shape index (κ2) is 9.58. The molecule has 2 aromatic carbocycles. The number of aromatic nitrogens is 1. The van der Waals surface area contributed by atoms with E-state index in [1.807, 2.05) is 54.6 Å². The lowest BCUT2D eigenvalue weighted by Gasteiger charge is -2.14. The molecule has 0 aliphatic heterocycles. The Morgan fingerprint density at radius 2 is 1.97 bits per heavy atom. The van der Waals surface area contributed by atoms with E-state index in [1.165, 1.54) is 0 Å². The number of anilines is 1. The lowest BCUT2D eigenvalue weighted by atomic mass is 9.97. The van der Waals surface area contributed by atoms with Crippen LogP contribution < -0.4 is 11.1 Å². The van der Waals surface area contributed by atoms with Crippen molar-refractivity contribution in [3.63, 3.8) is 0 Å². The highest BCUT2D eigenvalue weighted by Gasteiger charge is 2.19. The predicted octanol–water partition coefficient (Wildman–Crippen LogP) is 4.13. The Hall–Kier alpha value is -3.77. The standard InChI is InChI=1S/C26H25N3O3/c1-2-32-25(30)14-19-8-3-4-11-22(19)29-26(31)24-15-21(20-10-6-12-23(20)28-24)18-9-5-7-17(13-18)16-27/h3-11,13,15H,2,12,14,16,27H2,1H3,(H,29,31). The number of nitrogens with two attached hydrogens (primary N) is 1. The minimum absolute atomic E-state index is 0.0863. The average Bonchev–Trinajstić information content (AvgIpc) is 3.28. The third-order valence-corrected chi connectivity index (χ3v) is 5.35. The van der Waals surface area contributed by atoms with Crippen LogP contribution in [0.2, 0.25) is 0 Å². The van der Waals surface area contributed by atoms with Gasteiger partial charge in [-0.1, -0.05) is 48.6 Å². The molecule has 3 aromatic rings. The summed E-state index contributed by atoms with van der Waals surface area (Å²) in [7, 11) is 0. The summed E-state index contributed by atoms with van der Waals surface area (Å²) in [6.07, 6.45) is 4.86. The summed E-state index contributed by atoms with van der Waals surface area (Å²) in [5.41, 5.74) is 12.3. The number of nitrogens with zero attached hydrogens (tertiary/aromatic N) is 1. The van der Waals surface area contributed by atoms with E-state index < -0.39 is 0 Å². The fourth-order valence-electron chi connectivity index (χ4n) is 3.81. The molecule has 0 saturated carbocycles. The molecule has 4 rings (SSSR count). The number of fused-ring (bicyclic) bond motifs is 1. The maximum absolute atomic E-state index is 13.2. The second-order valence-electron chi connectivity index (χ2n) is 7.52. The number of esters is 1. The predicted molar refractivity (Wildman–Crippen MR) is 125 cm³/mol. The zero-order chi connectivity index (χ0) is 22.5. The van der Waals surface area contributed by atoms with Gasteiger partial charge in [-0.05, 0) is 47.4 Å². The average molecular weight is 428 g/mol. The van der Waals surface area contributed by atoms with Crippen molar-refractivity contribution in [1.82, 2.24) is 4.98 Å². The maximum atomic E-state index is 13.2. The molecule has 32 heavy (non-hydrogen) atoms. The summed E-state index contributed by atoms with van der Waals surface area (Å²) in [5.74, 6) is -0.662. The molecule has 6 heteroatoms. The van der Waals surface area contributed by atoms with Crippen molar-refractivity contribution in [2.24, 2.45) is 5.73 Å². The van der Waals surface area contributed by atoms with Crippen LogP contribution in [-0.4, -0.2) is 23.5 Å². The summed E-state index contributed by atoms with van der Waals surface area (Å²) in [6.45, 7) is 2.52. The van der Waals surface area contributed by atoms with Crippen molar-refractivity contribution in [3.8, 4) is 11.1 Å². The van der Waals surface area contributed by atoms with Crippen LogP contribution in [0.5, 0.6) is 0 Å². The first-order chi connectivity index (χ1) is 15.6. The monoisotopic (exact) mass is 427 g/mol. The van der Waals surface area contributed by atoms with Gasteiger partial charge >= 0.3 is 5.97 Å². The lowest BCUT2D eigenvalue weighted by Crippen LogP contribution is -2.17. The first-order valence-corrected chi connectivity index (χ1v) is 10.6. The molecule has 0 bridgehead atoms. The fraction of sp³-hybridized carbons (Fsp3) is 0.192. The lowest BCUT2D eigenvalue weighted by molar-refractivity contribution is -0.142. The van der Waals surface area contributed by atoms with E-state index in [0.717, 1.165) is 27.9 Å². The maximum Gasteiger partial charge on any atom is 0.310 e. The Balaban J connectivity index is 1.66. The molecule has 0 saturated heterocycles. The van der Waals surface area contributed by atoms with Gasteiger partial charge in [0.1, 0.15) is 5.69 Å². The Morgan fingerprint density at radius 1 is 1.12 bits per heavy atom. The van der Waals surface area contributed by atoms with E-state index in [2.05, 4.69) is 10.3 Å². The van der Waals surface area contributed by atoms with E-state index >= 15 is 0 Å². The number of hydrogen-bond acceptors (Lipinski definition) is 5. The molecule has 1 heterocycles. The summed E-state index contributed by atoms with van der Waals surface area (Å²) in [6, 6.07) is 17.0. The van der Waals surface area contributed by atoms with Gasteiger partial charge in [0.15, 0.2) is 0 Å². The molecular weight excluding hydrogens is 402 g/mol. The van der Waals surface area contributed by atoms with Crippen LogP contribution in [0.4, 0.5) is 5.69 Å². The smallest absolute Gasteiger partial charge is 0.310 e. The van der Waals surface area contributed by atoms with Gasteiger partial charge < -0.3 is 15.8 Å². The van der Waals surface area contributed by atoms with Crippen LogP contribution >= 0.6 is 0 Å². The number of rotatable bonds is 7. The summed E-state index contributed by atoms with van der Waals surface area (Å²) < 4.78 is 5.04. The van der Waals surface area contributed by atoms with Crippen molar-refractivity contribution in [3.05, 3.63) is 88.8 Å². The van der Waals surface area contributed by atoms with Gasteiger partial charge in [-0.15, -0.1) is 0 Å². The Labute approximate surface area is 187 Å². The third kappa shape index (κ3) is 4.60. The van der Waals surface area contributed by atoms with Gasteiger partial charge in [-0.2, -0.15) is 0 Å². The van der Waals surface area contributed by atoms with Crippen molar-refractivity contribution in [1.29, 1.82) is 0 Å². The number of para-hydroxylation sites is 1. The third-order valence-electron chi connectivity index (χ3n) is 5.35. The zero-order valence-electron chi connectivity index (χ0n) is 17.9. The SMILES string of the molecule is CCOC(=O)Cc1ccccc1NC(=O)c1cc(-c2cccc(CN)c2)c2c(n1)CC=C2. The summed E-state index contributed by atoms with van der Waals surface area (Å²) in [4.78, 5) is 29.7. The number of carbonyl (C=O) groups is 2. The number of amides is 1. The number of pyridine rings is 1. The van der Waals surface area contributed by atoms with E-state index in [-0.39, 0.29) is 18.3 Å². The van der Waals surface area contributed by atoms with Crippen molar-refractivity contribution in [2.75, 3.05) is 11.9 Å². The number of ether oxygens (including phenoxy) is 1. The number of allylic oxidation sites excluding steroid dienone is 1. The van der Waals surface area contributed by atoms with Gasteiger partial charge in [0.05, 0.1) is 18.7 Å². The minimum Gasteiger partial charge on any atom is -0.466 e. The number of nitrogens with one attached hydrogen (secondary N) is 1. The van der Waals surface area contributed by atoms with Crippen molar-refractivity contribution in [2.45, 2.75) is 26.3 Å². The van der Waals surface area contributed by atoms with Gasteiger partial charge in [0, 0.05) is 24.2 Å². The first kappa shape index (κ1) is 21.5. The van der Waals surface area contributed by atoms with Crippen molar-refractivity contribution >= 4 is 23.6 Å². The van der Waals surface area contributed by atoms with Crippen molar-refractivity contribution < 1.29 is 14.3 Å². The normalized spacial score (nSPS) is 11.8. The first-order valence-electron chi connectivity index (χ1n) is 10.6. The minimum atomic E-state index is -0.335. The molecule has 1 aliphatic carbocycles. The van der Waals surface area contributed by atoms with E-state index in [9.17, 15) is 9.59 Å². The van der Waals surface area contributed by atoms with Gasteiger partial charge in [0.25, 0.3) is 5.91 Å². The molecular formula is C26H25N3O3. The Bertz CT molecular complexity index is 1200. The molecule has 0 atom stereocenters. The van der Waals surface area contributed by atoms with Gasteiger partial charge in [-0.3, -0.25) is 9.59 Å². The molecule has 3 N–H and O–H groups in total. The summed E-state index contributed by atoms with van der Waals surface area (Å²) in [5, 5.41) is 2.92. The highest BCUT2D eigenvalue weighted by molar-refractivity contribution is 6.04. The molecule has 1 amide bonds. The topological polar surface area (TPSA) is 94.3 Å². The molecule has 6 nitrogen and oxygen atoms in total. The Morgan fingerprint density at radius 3 is 2.78 bits per heavy atom. The molecule has 162 valence electrons. The molecule has 0 radical (unpaired) electrons. The number of carbonyl (C=O) groups excluding carboxylic acids is 2. The number of benzene rings is 2. The van der Waals surface area contributed by atoms with Crippen LogP contribution in [0.1, 0.15) is 39.8 Å². The van der Waals surface area contributed by atoms with Crippen LogP contribution in [-0.2, 0) is 28.9 Å². The highest BCUT2D eigenvalue weighted by Crippen LogP contribution is 2.32. The highest BCUT2D eigenvalue weighted by atomic mass is 16.5. The number of hydrogen-bond donors (Lipinski definition) is 2. The van der Waals surface area contributed by atoms with Gasteiger partial charge in [-0.25, -0.2) is 4.98 Å². The second-order valence-corrected chi connectivity index (χ2v) is 7.52. The van der Waals surface area contributed by atoms with Crippen LogP contribution in [0, 0.1) is 0 Å². The molecule has 0 spiro atoms. The van der Waals surface area contributed by atoms with Gasteiger partial charge in [0.2, 0.25) is 0 Å².